The maximum atomic E-state index is 12.7. The van der Waals surface area contributed by atoms with Crippen LogP contribution in [0.3, 0.4) is 0 Å². The molecule has 144 valence electrons. The zero-order valence-electron chi connectivity index (χ0n) is 16.1. The third-order valence-electron chi connectivity index (χ3n) is 5.15. The molecular formula is C21H27N3O3. The molecule has 1 aliphatic heterocycles. The van der Waals surface area contributed by atoms with Crippen LogP contribution in [-0.2, 0) is 16.0 Å². The molecule has 0 unspecified atom stereocenters. The van der Waals surface area contributed by atoms with Gasteiger partial charge in [0.25, 0.3) is 0 Å². The second kappa shape index (κ2) is 8.39. The summed E-state index contributed by atoms with van der Waals surface area (Å²) in [6, 6.07) is 4.12. The van der Waals surface area contributed by atoms with Crippen LogP contribution in [0.25, 0.3) is 11.0 Å². The first-order valence-electron chi connectivity index (χ1n) is 9.33. The highest BCUT2D eigenvalue weighted by molar-refractivity contribution is 5.88. The number of rotatable bonds is 6. The summed E-state index contributed by atoms with van der Waals surface area (Å²) < 4.78 is 5.64. The van der Waals surface area contributed by atoms with Crippen LogP contribution < -0.4 is 5.32 Å². The predicted molar refractivity (Wildman–Crippen MR) is 106 cm³/mol. The molecule has 1 N–H and O–H groups in total. The maximum Gasteiger partial charge on any atom is 0.234 e. The second-order valence-electron chi connectivity index (χ2n) is 7.12. The minimum absolute atomic E-state index is 0.00907. The Morgan fingerprint density at radius 2 is 1.89 bits per heavy atom. The first kappa shape index (κ1) is 19.2. The molecule has 3 rings (SSSR count). The number of benzene rings is 1. The Morgan fingerprint density at radius 1 is 1.19 bits per heavy atom. The summed E-state index contributed by atoms with van der Waals surface area (Å²) in [5.74, 6) is 0.0943. The summed E-state index contributed by atoms with van der Waals surface area (Å²) >= 11 is 0. The number of carbonyl (C=O) groups excluding carboxylic acids is 2. The fourth-order valence-corrected chi connectivity index (χ4v) is 3.35. The average Bonchev–Trinajstić information content (AvgIpc) is 3.02. The summed E-state index contributed by atoms with van der Waals surface area (Å²) in [5.41, 5.74) is 4.14. The number of nitrogens with zero attached hydrogens (tertiary/aromatic N) is 2. The summed E-state index contributed by atoms with van der Waals surface area (Å²) in [5, 5.41) is 3.80. The van der Waals surface area contributed by atoms with Crippen LogP contribution in [0.15, 0.2) is 35.5 Å². The van der Waals surface area contributed by atoms with E-state index in [1.165, 1.54) is 11.1 Å². The van der Waals surface area contributed by atoms with Crippen LogP contribution in [0.1, 0.15) is 16.7 Å². The third-order valence-corrected chi connectivity index (χ3v) is 5.15. The Balaban J connectivity index is 1.55. The lowest BCUT2D eigenvalue weighted by molar-refractivity contribution is -0.132. The summed E-state index contributed by atoms with van der Waals surface area (Å²) in [7, 11) is 0. The minimum atomic E-state index is -0.00907. The van der Waals surface area contributed by atoms with Crippen LogP contribution in [0.2, 0.25) is 0 Å². The van der Waals surface area contributed by atoms with E-state index in [4.69, 9.17) is 4.42 Å². The number of aryl methyl sites for hydroxylation is 2. The van der Waals surface area contributed by atoms with Gasteiger partial charge in [-0.05, 0) is 37.1 Å². The van der Waals surface area contributed by atoms with Crippen molar-refractivity contribution in [2.75, 3.05) is 39.3 Å². The predicted octanol–water partition coefficient (Wildman–Crippen LogP) is 2.04. The summed E-state index contributed by atoms with van der Waals surface area (Å²) in [4.78, 5) is 28.4. The van der Waals surface area contributed by atoms with Crippen molar-refractivity contribution in [3.05, 3.63) is 47.7 Å². The van der Waals surface area contributed by atoms with E-state index in [0.29, 0.717) is 45.7 Å². The average molecular weight is 369 g/mol. The third kappa shape index (κ3) is 4.57. The van der Waals surface area contributed by atoms with Crippen molar-refractivity contribution in [3.63, 3.8) is 0 Å². The van der Waals surface area contributed by atoms with Crippen molar-refractivity contribution < 1.29 is 14.0 Å². The largest absolute Gasteiger partial charge is 0.464 e. The molecule has 0 aliphatic carbocycles. The van der Waals surface area contributed by atoms with E-state index in [1.54, 1.807) is 12.3 Å². The van der Waals surface area contributed by atoms with E-state index >= 15 is 0 Å². The van der Waals surface area contributed by atoms with Gasteiger partial charge in [0, 0.05) is 43.7 Å². The van der Waals surface area contributed by atoms with Gasteiger partial charge in [0.2, 0.25) is 11.8 Å². The van der Waals surface area contributed by atoms with Gasteiger partial charge >= 0.3 is 0 Å². The molecule has 2 amide bonds. The van der Waals surface area contributed by atoms with Crippen molar-refractivity contribution in [1.82, 2.24) is 15.1 Å². The van der Waals surface area contributed by atoms with E-state index < -0.39 is 0 Å². The molecule has 1 aliphatic rings. The second-order valence-corrected chi connectivity index (χ2v) is 7.12. The van der Waals surface area contributed by atoms with Crippen molar-refractivity contribution in [1.29, 1.82) is 0 Å². The van der Waals surface area contributed by atoms with Crippen LogP contribution >= 0.6 is 0 Å². The molecule has 0 radical (unpaired) electrons. The highest BCUT2D eigenvalue weighted by Gasteiger charge is 2.23. The van der Waals surface area contributed by atoms with Gasteiger partial charge in [0.05, 0.1) is 19.2 Å². The molecule has 0 atom stereocenters. The van der Waals surface area contributed by atoms with Crippen LogP contribution in [0.4, 0.5) is 0 Å². The summed E-state index contributed by atoms with van der Waals surface area (Å²) in [6.45, 7) is 11.2. The highest BCUT2D eigenvalue weighted by Crippen LogP contribution is 2.25. The van der Waals surface area contributed by atoms with E-state index in [0.717, 1.165) is 16.5 Å². The lowest BCUT2D eigenvalue weighted by Crippen LogP contribution is -2.51. The van der Waals surface area contributed by atoms with Gasteiger partial charge in [-0.25, -0.2) is 0 Å². The molecule has 6 nitrogen and oxygen atoms in total. The molecule has 6 heteroatoms. The Morgan fingerprint density at radius 3 is 2.59 bits per heavy atom. The SMILES string of the molecule is C=CCNC(=O)CN1CCN(C(=O)Cc2coc3cc(C)c(C)cc23)CC1. The van der Waals surface area contributed by atoms with E-state index in [9.17, 15) is 9.59 Å². The normalized spacial score (nSPS) is 15.1. The lowest BCUT2D eigenvalue weighted by Gasteiger charge is -2.34. The molecular weight excluding hydrogens is 342 g/mol. The number of hydrogen-bond acceptors (Lipinski definition) is 4. The monoisotopic (exact) mass is 369 g/mol. The Hall–Kier alpha value is -2.60. The van der Waals surface area contributed by atoms with E-state index in [-0.39, 0.29) is 11.8 Å². The van der Waals surface area contributed by atoms with E-state index in [1.807, 2.05) is 11.0 Å². The molecule has 0 bridgehead atoms. The smallest absolute Gasteiger partial charge is 0.234 e. The van der Waals surface area contributed by atoms with Crippen molar-refractivity contribution >= 4 is 22.8 Å². The zero-order chi connectivity index (χ0) is 19.4. The van der Waals surface area contributed by atoms with E-state index in [2.05, 4.69) is 36.7 Å². The van der Waals surface area contributed by atoms with Gasteiger partial charge in [-0.2, -0.15) is 0 Å². The molecule has 2 aromatic rings. The minimum Gasteiger partial charge on any atom is -0.464 e. The van der Waals surface area contributed by atoms with Crippen molar-refractivity contribution in [2.45, 2.75) is 20.3 Å². The van der Waals surface area contributed by atoms with Crippen molar-refractivity contribution in [3.8, 4) is 0 Å². The molecule has 1 fully saturated rings. The number of nitrogens with one attached hydrogen (secondary N) is 1. The number of carbonyl (C=O) groups is 2. The highest BCUT2D eigenvalue weighted by atomic mass is 16.3. The molecule has 27 heavy (non-hydrogen) atoms. The Kier molecular flexibility index (Phi) is 5.96. The molecule has 1 aromatic heterocycles. The van der Waals surface area contributed by atoms with Gasteiger partial charge in [-0.1, -0.05) is 6.08 Å². The molecule has 0 spiro atoms. The standard InChI is InChI=1S/C21H27N3O3/c1-4-5-22-20(25)13-23-6-8-24(9-7-23)21(26)12-17-14-27-19-11-16(3)15(2)10-18(17)19/h4,10-11,14H,1,5-9,12-13H2,2-3H3,(H,22,25). The number of amides is 2. The number of furan rings is 1. The molecule has 2 heterocycles. The van der Waals surface area contributed by atoms with Gasteiger partial charge < -0.3 is 14.6 Å². The van der Waals surface area contributed by atoms with Crippen LogP contribution in [0, 0.1) is 13.8 Å². The fraction of sp³-hybridized carbons (Fsp3) is 0.429. The number of piperazine rings is 1. The Labute approximate surface area is 159 Å². The molecule has 1 saturated heterocycles. The first-order valence-corrected chi connectivity index (χ1v) is 9.33. The topological polar surface area (TPSA) is 65.8 Å². The first-order chi connectivity index (χ1) is 13.0. The molecule has 0 saturated carbocycles. The number of hydrogen-bond donors (Lipinski definition) is 1. The summed E-state index contributed by atoms with van der Waals surface area (Å²) in [6.07, 6.45) is 3.70. The molecule has 1 aromatic carbocycles. The lowest BCUT2D eigenvalue weighted by atomic mass is 10.0. The van der Waals surface area contributed by atoms with Crippen LogP contribution in [-0.4, -0.2) is 60.9 Å². The zero-order valence-corrected chi connectivity index (χ0v) is 16.1. The Bertz CT molecular complexity index is 848. The maximum absolute atomic E-state index is 12.7. The van der Waals surface area contributed by atoms with Gasteiger partial charge in [0.15, 0.2) is 0 Å². The van der Waals surface area contributed by atoms with Crippen LogP contribution in [0.5, 0.6) is 0 Å². The fourth-order valence-electron chi connectivity index (χ4n) is 3.35. The quantitative estimate of drug-likeness (QED) is 0.792. The van der Waals surface area contributed by atoms with Gasteiger partial charge in [-0.15, -0.1) is 6.58 Å². The number of fused-ring (bicyclic) bond motifs is 1. The van der Waals surface area contributed by atoms with Crippen molar-refractivity contribution in [2.24, 2.45) is 0 Å². The van der Waals surface area contributed by atoms with Gasteiger partial charge in [-0.3, -0.25) is 14.5 Å². The van der Waals surface area contributed by atoms with Gasteiger partial charge in [0.1, 0.15) is 5.58 Å².